The zero-order chi connectivity index (χ0) is 14.0. The molecule has 2 heterocycles. The van der Waals surface area contributed by atoms with Crippen molar-refractivity contribution in [2.75, 3.05) is 0 Å². The van der Waals surface area contributed by atoms with Gasteiger partial charge in [-0.3, -0.25) is 0 Å². The lowest BCUT2D eigenvalue weighted by Gasteiger charge is -2.26. The Kier molecular flexibility index (Phi) is 4.13. The highest BCUT2D eigenvalue weighted by molar-refractivity contribution is 5.02. The van der Waals surface area contributed by atoms with Crippen LogP contribution in [0.2, 0.25) is 0 Å². The number of aromatic nitrogens is 3. The first kappa shape index (κ1) is 14.3. The van der Waals surface area contributed by atoms with Crippen LogP contribution in [0.3, 0.4) is 0 Å². The summed E-state index contributed by atoms with van der Waals surface area (Å²) in [6, 6.07) is -0.0652. The molecule has 0 amide bonds. The summed E-state index contributed by atoms with van der Waals surface area (Å²) < 4.78 is 39.9. The summed E-state index contributed by atoms with van der Waals surface area (Å²) in [6.07, 6.45) is -1.43. The second-order valence-corrected chi connectivity index (χ2v) is 5.17. The molecule has 4 nitrogen and oxygen atoms in total. The van der Waals surface area contributed by atoms with Crippen LogP contribution in [0.4, 0.5) is 13.2 Å². The van der Waals surface area contributed by atoms with E-state index in [1.165, 1.54) is 0 Å². The molecule has 1 aliphatic rings. The molecule has 0 spiro atoms. The predicted octanol–water partition coefficient (Wildman–Crippen LogP) is 2.07. The van der Waals surface area contributed by atoms with Gasteiger partial charge in [0.2, 0.25) is 0 Å². The Balaban J connectivity index is 2.11. The van der Waals surface area contributed by atoms with Gasteiger partial charge < -0.3 is 10.3 Å². The van der Waals surface area contributed by atoms with Crippen LogP contribution in [0.25, 0.3) is 0 Å². The molecule has 1 aliphatic heterocycles. The molecule has 0 fully saturated rings. The van der Waals surface area contributed by atoms with Crippen molar-refractivity contribution in [1.29, 1.82) is 0 Å². The topological polar surface area (TPSA) is 56.7 Å². The third-order valence-corrected chi connectivity index (χ3v) is 3.59. The van der Waals surface area contributed by atoms with E-state index in [1.54, 1.807) is 4.57 Å². The monoisotopic (exact) mass is 276 g/mol. The second kappa shape index (κ2) is 5.48. The number of nitrogens with two attached hydrogens (primary N) is 1. The standard InChI is InChI=1S/C12H19F3N4/c1-2-3-9(16)6-11-18-17-10-5-4-8(7-19(10)11)12(13,14)15/h8-9H,2-7,16H2,1H3. The van der Waals surface area contributed by atoms with E-state index in [1.807, 2.05) is 6.92 Å². The maximum Gasteiger partial charge on any atom is 0.393 e. The lowest BCUT2D eigenvalue weighted by molar-refractivity contribution is -0.182. The van der Waals surface area contributed by atoms with E-state index in [9.17, 15) is 13.2 Å². The first-order valence-corrected chi connectivity index (χ1v) is 6.65. The first-order chi connectivity index (χ1) is 8.91. The molecule has 19 heavy (non-hydrogen) atoms. The van der Waals surface area contributed by atoms with Gasteiger partial charge in [-0.1, -0.05) is 13.3 Å². The summed E-state index contributed by atoms with van der Waals surface area (Å²) in [6.45, 7) is 1.96. The number of hydrogen-bond acceptors (Lipinski definition) is 3. The largest absolute Gasteiger partial charge is 0.393 e. The van der Waals surface area contributed by atoms with Crippen LogP contribution in [0, 0.1) is 5.92 Å². The molecular formula is C12H19F3N4. The number of rotatable bonds is 4. The Morgan fingerprint density at radius 3 is 2.79 bits per heavy atom. The predicted molar refractivity (Wildman–Crippen MR) is 64.5 cm³/mol. The van der Waals surface area contributed by atoms with Gasteiger partial charge in [0.15, 0.2) is 0 Å². The van der Waals surface area contributed by atoms with E-state index in [-0.39, 0.29) is 19.0 Å². The van der Waals surface area contributed by atoms with Crippen LogP contribution in [0.15, 0.2) is 0 Å². The van der Waals surface area contributed by atoms with Crippen molar-refractivity contribution in [2.24, 2.45) is 11.7 Å². The lowest BCUT2D eigenvalue weighted by Crippen LogP contribution is -2.33. The highest BCUT2D eigenvalue weighted by Gasteiger charge is 2.42. The quantitative estimate of drug-likeness (QED) is 0.916. The van der Waals surface area contributed by atoms with Crippen molar-refractivity contribution in [3.63, 3.8) is 0 Å². The molecule has 1 aromatic heterocycles. The minimum Gasteiger partial charge on any atom is -0.327 e. The maximum absolute atomic E-state index is 12.8. The molecule has 0 saturated heterocycles. The molecule has 0 bridgehead atoms. The number of halogens is 3. The highest BCUT2D eigenvalue weighted by Crippen LogP contribution is 2.34. The summed E-state index contributed by atoms with van der Waals surface area (Å²) >= 11 is 0. The minimum atomic E-state index is -4.15. The van der Waals surface area contributed by atoms with Gasteiger partial charge in [-0.25, -0.2) is 0 Å². The average molecular weight is 276 g/mol. The van der Waals surface area contributed by atoms with Gasteiger partial charge in [0, 0.05) is 25.4 Å². The van der Waals surface area contributed by atoms with E-state index in [0.29, 0.717) is 24.5 Å². The summed E-state index contributed by atoms with van der Waals surface area (Å²) in [5.74, 6) is -0.0544. The van der Waals surface area contributed by atoms with Crippen LogP contribution >= 0.6 is 0 Å². The smallest absolute Gasteiger partial charge is 0.327 e. The second-order valence-electron chi connectivity index (χ2n) is 5.17. The Bertz CT molecular complexity index is 427. The van der Waals surface area contributed by atoms with Crippen LogP contribution < -0.4 is 5.73 Å². The van der Waals surface area contributed by atoms with E-state index in [4.69, 9.17) is 5.73 Å². The van der Waals surface area contributed by atoms with E-state index < -0.39 is 12.1 Å². The Morgan fingerprint density at radius 1 is 1.42 bits per heavy atom. The average Bonchev–Trinajstić information content (AvgIpc) is 2.71. The van der Waals surface area contributed by atoms with Crippen LogP contribution in [-0.2, 0) is 19.4 Å². The molecule has 2 unspecified atom stereocenters. The highest BCUT2D eigenvalue weighted by atomic mass is 19.4. The molecule has 0 saturated carbocycles. The molecule has 0 radical (unpaired) electrons. The Morgan fingerprint density at radius 2 is 2.16 bits per heavy atom. The van der Waals surface area contributed by atoms with Gasteiger partial charge in [-0.05, 0) is 12.8 Å². The molecule has 7 heteroatoms. The zero-order valence-corrected chi connectivity index (χ0v) is 11.0. The van der Waals surface area contributed by atoms with E-state index in [0.717, 1.165) is 12.8 Å². The molecule has 2 N–H and O–H groups in total. The summed E-state index contributed by atoms with van der Waals surface area (Å²) in [4.78, 5) is 0. The normalized spacial score (nSPS) is 21.2. The van der Waals surface area contributed by atoms with Crippen LogP contribution in [-0.4, -0.2) is 27.0 Å². The van der Waals surface area contributed by atoms with Crippen molar-refractivity contribution < 1.29 is 13.2 Å². The molecule has 2 atom stereocenters. The van der Waals surface area contributed by atoms with Crippen molar-refractivity contribution in [3.8, 4) is 0 Å². The van der Waals surface area contributed by atoms with Gasteiger partial charge in [0.1, 0.15) is 11.6 Å². The molecule has 1 aromatic rings. The summed E-state index contributed by atoms with van der Waals surface area (Å²) in [5, 5.41) is 7.98. The van der Waals surface area contributed by atoms with Crippen LogP contribution in [0.5, 0.6) is 0 Å². The zero-order valence-electron chi connectivity index (χ0n) is 11.0. The lowest BCUT2D eigenvalue weighted by atomic mass is 9.98. The minimum absolute atomic E-state index is 0.0652. The summed E-state index contributed by atoms with van der Waals surface area (Å²) in [5.41, 5.74) is 5.93. The summed E-state index contributed by atoms with van der Waals surface area (Å²) in [7, 11) is 0. The fourth-order valence-corrected chi connectivity index (χ4v) is 2.51. The van der Waals surface area contributed by atoms with Crippen molar-refractivity contribution in [1.82, 2.24) is 14.8 Å². The number of hydrogen-bond donors (Lipinski definition) is 1. The molecule has 0 aromatic carbocycles. The number of alkyl halides is 3. The SMILES string of the molecule is CCCC(N)Cc1nnc2n1CC(C(F)(F)F)CC2. The van der Waals surface area contributed by atoms with Gasteiger partial charge in [-0.15, -0.1) is 10.2 Å². The van der Waals surface area contributed by atoms with E-state index >= 15 is 0 Å². The number of fused-ring (bicyclic) bond motifs is 1. The maximum atomic E-state index is 12.8. The number of nitrogens with zero attached hydrogens (tertiary/aromatic N) is 3. The fraction of sp³-hybridized carbons (Fsp3) is 0.833. The van der Waals surface area contributed by atoms with Gasteiger partial charge in [-0.2, -0.15) is 13.2 Å². The Labute approximate surface area is 110 Å². The van der Waals surface area contributed by atoms with Gasteiger partial charge >= 0.3 is 6.18 Å². The molecule has 2 rings (SSSR count). The Hall–Kier alpha value is -1.11. The third-order valence-electron chi connectivity index (χ3n) is 3.59. The van der Waals surface area contributed by atoms with Crippen LogP contribution in [0.1, 0.15) is 37.8 Å². The molecular weight excluding hydrogens is 257 g/mol. The molecule has 108 valence electrons. The molecule has 0 aliphatic carbocycles. The first-order valence-electron chi connectivity index (χ1n) is 6.65. The third kappa shape index (κ3) is 3.26. The number of aryl methyl sites for hydroxylation is 1. The van der Waals surface area contributed by atoms with Crippen molar-refractivity contribution in [3.05, 3.63) is 11.6 Å². The van der Waals surface area contributed by atoms with E-state index in [2.05, 4.69) is 10.2 Å². The fourth-order valence-electron chi connectivity index (χ4n) is 2.51. The van der Waals surface area contributed by atoms with Crippen molar-refractivity contribution in [2.45, 2.75) is 57.8 Å². The van der Waals surface area contributed by atoms with Crippen molar-refractivity contribution >= 4 is 0 Å². The van der Waals surface area contributed by atoms with Gasteiger partial charge in [0.25, 0.3) is 0 Å². The van der Waals surface area contributed by atoms with Gasteiger partial charge in [0.05, 0.1) is 5.92 Å².